The molecule has 0 radical (unpaired) electrons. The normalized spacial score (nSPS) is 12.6. The number of benzene rings is 3. The highest BCUT2D eigenvalue weighted by molar-refractivity contribution is 6.30. The average Bonchev–Trinajstić information content (AvgIpc) is 2.80. The zero-order valence-electron chi connectivity index (χ0n) is 16.6. The van der Waals surface area contributed by atoms with Gasteiger partial charge in [0.05, 0.1) is 0 Å². The Balaban J connectivity index is 1.64. The van der Waals surface area contributed by atoms with Crippen molar-refractivity contribution in [3.63, 3.8) is 0 Å². The van der Waals surface area contributed by atoms with Gasteiger partial charge in [-0.3, -0.25) is 9.59 Å². The molecule has 0 aliphatic rings. The molecule has 0 saturated carbocycles. The van der Waals surface area contributed by atoms with Crippen LogP contribution in [0, 0.1) is 0 Å². The number of carbonyl (C=O) groups excluding carboxylic acids is 2. The molecular formula is C25H25ClN2O2. The van der Waals surface area contributed by atoms with E-state index in [4.69, 9.17) is 11.6 Å². The molecule has 0 aliphatic carbocycles. The second-order valence-electron chi connectivity index (χ2n) is 7.05. The van der Waals surface area contributed by atoms with Crippen molar-refractivity contribution in [2.45, 2.75) is 24.3 Å². The summed E-state index contributed by atoms with van der Waals surface area (Å²) in [4.78, 5) is 25.6. The zero-order valence-corrected chi connectivity index (χ0v) is 17.4. The van der Waals surface area contributed by atoms with Crippen molar-refractivity contribution in [2.24, 2.45) is 0 Å². The van der Waals surface area contributed by atoms with E-state index in [0.29, 0.717) is 18.5 Å². The molecule has 2 atom stereocenters. The average molecular weight is 421 g/mol. The molecule has 3 rings (SSSR count). The van der Waals surface area contributed by atoms with E-state index in [-0.39, 0.29) is 11.8 Å². The molecule has 0 fully saturated rings. The maximum atomic E-state index is 12.9. The van der Waals surface area contributed by atoms with Crippen molar-refractivity contribution in [3.05, 3.63) is 108 Å². The first-order valence-electron chi connectivity index (χ1n) is 9.98. The van der Waals surface area contributed by atoms with Crippen molar-refractivity contribution in [3.8, 4) is 0 Å². The lowest BCUT2D eigenvalue weighted by atomic mass is 10.0. The van der Waals surface area contributed by atoms with E-state index in [1.54, 1.807) is 12.1 Å². The van der Waals surface area contributed by atoms with Crippen molar-refractivity contribution >= 4 is 23.4 Å². The van der Waals surface area contributed by atoms with Gasteiger partial charge in [0.1, 0.15) is 11.4 Å². The van der Waals surface area contributed by atoms with E-state index in [1.165, 1.54) is 0 Å². The number of hydrogen-bond acceptors (Lipinski definition) is 2. The number of rotatable bonds is 9. The molecule has 3 aromatic rings. The Morgan fingerprint density at radius 3 is 1.87 bits per heavy atom. The minimum absolute atomic E-state index is 0.222. The van der Waals surface area contributed by atoms with Crippen LogP contribution in [0.15, 0.2) is 91.0 Å². The minimum atomic E-state index is -0.860. The summed E-state index contributed by atoms with van der Waals surface area (Å²) in [6.07, 6.45) is 1.11. The number of alkyl halides is 1. The largest absolute Gasteiger partial charge is 0.354 e. The van der Waals surface area contributed by atoms with Crippen molar-refractivity contribution < 1.29 is 9.59 Å². The standard InChI is InChI=1S/C25H25ClN2O2/c26-23(21-14-8-3-9-15-21)25(30)28-22(18-20-12-6-2-7-13-20)24(29)27-17-16-19-10-4-1-5-11-19/h1-15,22-23H,16-18H2,(H,27,29)(H,28,30). The van der Waals surface area contributed by atoms with Crippen molar-refractivity contribution in [1.29, 1.82) is 0 Å². The van der Waals surface area contributed by atoms with Gasteiger partial charge in [-0.1, -0.05) is 91.0 Å². The van der Waals surface area contributed by atoms with Gasteiger partial charge < -0.3 is 10.6 Å². The summed E-state index contributed by atoms with van der Waals surface area (Å²) in [6.45, 7) is 0.493. The van der Waals surface area contributed by atoms with E-state index in [0.717, 1.165) is 17.5 Å². The molecule has 0 aliphatic heterocycles. The maximum Gasteiger partial charge on any atom is 0.243 e. The van der Waals surface area contributed by atoms with Gasteiger partial charge in [0.15, 0.2) is 0 Å². The molecule has 2 amide bonds. The molecule has 154 valence electrons. The minimum Gasteiger partial charge on any atom is -0.354 e. The van der Waals surface area contributed by atoms with Gasteiger partial charge >= 0.3 is 0 Å². The fourth-order valence-corrected chi connectivity index (χ4v) is 3.38. The fourth-order valence-electron chi connectivity index (χ4n) is 3.18. The number of amides is 2. The molecule has 4 nitrogen and oxygen atoms in total. The Bertz CT molecular complexity index is 933. The number of hydrogen-bond donors (Lipinski definition) is 2. The first-order valence-corrected chi connectivity index (χ1v) is 10.4. The van der Waals surface area contributed by atoms with Crippen LogP contribution in [0.2, 0.25) is 0 Å². The van der Waals surface area contributed by atoms with Crippen LogP contribution in [-0.2, 0) is 22.4 Å². The summed E-state index contributed by atoms with van der Waals surface area (Å²) in [7, 11) is 0. The molecule has 30 heavy (non-hydrogen) atoms. The van der Waals surface area contributed by atoms with E-state index in [2.05, 4.69) is 10.6 Å². The van der Waals surface area contributed by atoms with Gasteiger partial charge in [-0.25, -0.2) is 0 Å². The lowest BCUT2D eigenvalue weighted by Gasteiger charge is -2.20. The van der Waals surface area contributed by atoms with Crippen LogP contribution in [0.1, 0.15) is 22.1 Å². The van der Waals surface area contributed by atoms with Crippen molar-refractivity contribution in [2.75, 3.05) is 6.54 Å². The molecule has 2 unspecified atom stereocenters. The van der Waals surface area contributed by atoms with Crippen LogP contribution in [0.3, 0.4) is 0 Å². The smallest absolute Gasteiger partial charge is 0.243 e. The second-order valence-corrected chi connectivity index (χ2v) is 7.49. The SMILES string of the molecule is O=C(NCCc1ccccc1)C(Cc1ccccc1)NC(=O)C(Cl)c1ccccc1. The summed E-state index contributed by atoms with van der Waals surface area (Å²) in [5.41, 5.74) is 2.80. The fraction of sp³-hybridized carbons (Fsp3) is 0.200. The monoisotopic (exact) mass is 420 g/mol. The zero-order chi connectivity index (χ0) is 21.2. The Morgan fingerprint density at radius 2 is 1.27 bits per heavy atom. The summed E-state index contributed by atoms with van der Waals surface area (Å²) in [6, 6.07) is 28.0. The van der Waals surface area contributed by atoms with Gasteiger partial charge in [-0.15, -0.1) is 11.6 Å². The lowest BCUT2D eigenvalue weighted by Crippen LogP contribution is -2.49. The molecule has 0 heterocycles. The second kappa shape index (κ2) is 11.2. The molecule has 0 bridgehead atoms. The van der Waals surface area contributed by atoms with E-state index >= 15 is 0 Å². The van der Waals surface area contributed by atoms with E-state index in [1.807, 2.05) is 78.9 Å². The maximum absolute atomic E-state index is 12.9. The topological polar surface area (TPSA) is 58.2 Å². The molecule has 2 N–H and O–H groups in total. The molecule has 3 aromatic carbocycles. The highest BCUT2D eigenvalue weighted by Crippen LogP contribution is 2.20. The highest BCUT2D eigenvalue weighted by Gasteiger charge is 2.25. The van der Waals surface area contributed by atoms with Crippen LogP contribution in [-0.4, -0.2) is 24.4 Å². The number of nitrogens with one attached hydrogen (secondary N) is 2. The van der Waals surface area contributed by atoms with Crippen LogP contribution in [0.25, 0.3) is 0 Å². The molecule has 0 saturated heterocycles. The third-order valence-corrected chi connectivity index (χ3v) is 5.24. The van der Waals surface area contributed by atoms with Crippen LogP contribution < -0.4 is 10.6 Å². The summed E-state index contributed by atoms with van der Waals surface area (Å²) in [5, 5.41) is 4.91. The number of halogens is 1. The molecule has 0 spiro atoms. The number of carbonyl (C=O) groups is 2. The van der Waals surface area contributed by atoms with Crippen molar-refractivity contribution in [1.82, 2.24) is 10.6 Å². The lowest BCUT2D eigenvalue weighted by molar-refractivity contribution is -0.128. The van der Waals surface area contributed by atoms with Crippen LogP contribution in [0.4, 0.5) is 0 Å². The Morgan fingerprint density at radius 1 is 0.733 bits per heavy atom. The van der Waals surface area contributed by atoms with E-state index < -0.39 is 11.4 Å². The van der Waals surface area contributed by atoms with Crippen LogP contribution >= 0.6 is 11.6 Å². The third-order valence-electron chi connectivity index (χ3n) is 4.79. The third kappa shape index (κ3) is 6.46. The van der Waals surface area contributed by atoms with Gasteiger partial charge in [-0.2, -0.15) is 0 Å². The molecule has 0 aromatic heterocycles. The predicted molar refractivity (Wildman–Crippen MR) is 120 cm³/mol. The Labute approximate surface area is 182 Å². The first kappa shape index (κ1) is 21.6. The van der Waals surface area contributed by atoms with Gasteiger partial charge in [0, 0.05) is 13.0 Å². The highest BCUT2D eigenvalue weighted by atomic mass is 35.5. The van der Waals surface area contributed by atoms with Gasteiger partial charge in [-0.05, 0) is 23.1 Å². The molecular weight excluding hydrogens is 396 g/mol. The predicted octanol–water partition coefficient (Wildman–Crippen LogP) is 4.05. The van der Waals surface area contributed by atoms with Crippen LogP contribution in [0.5, 0.6) is 0 Å². The van der Waals surface area contributed by atoms with Gasteiger partial charge in [0.25, 0.3) is 0 Å². The summed E-state index contributed by atoms with van der Waals surface area (Å²) < 4.78 is 0. The Hall–Kier alpha value is -3.11. The summed E-state index contributed by atoms with van der Waals surface area (Å²) >= 11 is 6.35. The van der Waals surface area contributed by atoms with Gasteiger partial charge in [0.2, 0.25) is 11.8 Å². The quantitative estimate of drug-likeness (QED) is 0.513. The Kier molecular flexibility index (Phi) is 8.04. The first-order chi connectivity index (χ1) is 14.6. The molecule has 5 heteroatoms. The van der Waals surface area contributed by atoms with E-state index in [9.17, 15) is 9.59 Å². The summed E-state index contributed by atoms with van der Waals surface area (Å²) in [5.74, 6) is -0.609.